The van der Waals surface area contributed by atoms with Gasteiger partial charge in [-0.05, 0) is 37.1 Å². The molecule has 0 saturated carbocycles. The molecule has 0 heterocycles. The predicted octanol–water partition coefficient (Wildman–Crippen LogP) is 3.23. The monoisotopic (exact) mass is 295 g/mol. The van der Waals surface area contributed by atoms with Gasteiger partial charge in [-0.15, -0.1) is 11.8 Å². The third-order valence-electron chi connectivity index (χ3n) is 3.44. The van der Waals surface area contributed by atoms with E-state index in [1.165, 1.54) is 12.7 Å². The van der Waals surface area contributed by atoms with Crippen LogP contribution >= 0.6 is 11.8 Å². The second kappa shape index (κ2) is 6.64. The summed E-state index contributed by atoms with van der Waals surface area (Å²) in [5.74, 6) is 0.393. The van der Waals surface area contributed by atoms with Gasteiger partial charge in [-0.1, -0.05) is 32.9 Å². The number of hydrogen-bond donors (Lipinski definition) is 1. The maximum atomic E-state index is 11.8. The van der Waals surface area contributed by atoms with Crippen LogP contribution in [-0.4, -0.2) is 31.4 Å². The number of thioether (sulfide) groups is 1. The van der Waals surface area contributed by atoms with Gasteiger partial charge in [0.2, 0.25) is 0 Å². The Balaban J connectivity index is 2.73. The quantitative estimate of drug-likeness (QED) is 0.668. The predicted molar refractivity (Wildman–Crippen MR) is 85.3 cm³/mol. The maximum Gasteiger partial charge on any atom is 0.326 e. The van der Waals surface area contributed by atoms with Gasteiger partial charge in [0.05, 0.1) is 7.11 Å². The van der Waals surface area contributed by atoms with Crippen molar-refractivity contribution in [1.29, 1.82) is 0 Å². The summed E-state index contributed by atoms with van der Waals surface area (Å²) in [5, 5.41) is 3.04. The van der Waals surface area contributed by atoms with Crippen molar-refractivity contribution >= 4 is 17.7 Å². The molecule has 20 heavy (non-hydrogen) atoms. The molecule has 0 aliphatic rings. The molecule has 0 aliphatic carbocycles. The minimum atomic E-state index is -0.665. The van der Waals surface area contributed by atoms with Gasteiger partial charge in [0, 0.05) is 10.6 Å². The Labute approximate surface area is 126 Å². The molecule has 0 spiro atoms. The van der Waals surface area contributed by atoms with Gasteiger partial charge in [0.25, 0.3) is 0 Å². The highest BCUT2D eigenvalue weighted by atomic mass is 32.2. The topological polar surface area (TPSA) is 38.3 Å². The zero-order valence-electron chi connectivity index (χ0n) is 13.2. The molecule has 4 heteroatoms. The van der Waals surface area contributed by atoms with Gasteiger partial charge in [-0.2, -0.15) is 0 Å². The smallest absolute Gasteiger partial charge is 0.326 e. The van der Waals surface area contributed by atoms with E-state index < -0.39 is 5.54 Å². The van der Waals surface area contributed by atoms with Gasteiger partial charge in [-0.25, -0.2) is 0 Å². The van der Waals surface area contributed by atoms with E-state index in [4.69, 9.17) is 4.74 Å². The molecule has 1 atom stereocenters. The van der Waals surface area contributed by atoms with Crippen molar-refractivity contribution in [3.05, 3.63) is 29.8 Å². The first-order valence-electron chi connectivity index (χ1n) is 6.73. The van der Waals surface area contributed by atoms with Crippen molar-refractivity contribution in [2.45, 2.75) is 43.5 Å². The van der Waals surface area contributed by atoms with Crippen molar-refractivity contribution in [2.24, 2.45) is 0 Å². The molecule has 1 rings (SSSR count). The Hall–Kier alpha value is -1.00. The number of benzene rings is 1. The lowest BCUT2D eigenvalue weighted by atomic mass is 9.87. The van der Waals surface area contributed by atoms with Crippen LogP contribution in [0.15, 0.2) is 29.2 Å². The summed E-state index contributed by atoms with van der Waals surface area (Å²) in [6.45, 7) is 8.45. The van der Waals surface area contributed by atoms with Crippen LogP contribution in [0.5, 0.6) is 0 Å². The molecular weight excluding hydrogens is 270 g/mol. The normalized spacial score (nSPS) is 14.7. The van der Waals surface area contributed by atoms with Crippen LogP contribution < -0.4 is 5.32 Å². The molecule has 1 aromatic rings. The second-order valence-electron chi connectivity index (χ2n) is 6.14. The minimum absolute atomic E-state index is 0.161. The van der Waals surface area contributed by atoms with Crippen LogP contribution in [0.1, 0.15) is 33.3 Å². The molecule has 0 aromatic heterocycles. The van der Waals surface area contributed by atoms with Crippen LogP contribution in [-0.2, 0) is 14.9 Å². The molecule has 1 aromatic carbocycles. The number of carbonyl (C=O) groups is 1. The van der Waals surface area contributed by atoms with Crippen LogP contribution in [0, 0.1) is 0 Å². The molecule has 1 N–H and O–H groups in total. The summed E-state index contributed by atoms with van der Waals surface area (Å²) in [4.78, 5) is 12.9. The number of nitrogens with one attached hydrogen (secondary N) is 1. The molecule has 0 amide bonds. The number of hydrogen-bond acceptors (Lipinski definition) is 4. The number of carbonyl (C=O) groups excluding carboxylic acids is 1. The maximum absolute atomic E-state index is 11.8. The molecule has 0 aliphatic heterocycles. The third kappa shape index (κ3) is 4.25. The van der Waals surface area contributed by atoms with Gasteiger partial charge in [-0.3, -0.25) is 4.79 Å². The number of esters is 1. The molecule has 3 nitrogen and oxygen atoms in total. The summed E-state index contributed by atoms with van der Waals surface area (Å²) < 4.78 is 4.84. The highest BCUT2D eigenvalue weighted by Gasteiger charge is 2.32. The lowest BCUT2D eigenvalue weighted by molar-refractivity contribution is -0.146. The summed E-state index contributed by atoms with van der Waals surface area (Å²) >= 11 is 1.65. The Kier molecular flexibility index (Phi) is 5.66. The Morgan fingerprint density at radius 3 is 2.15 bits per heavy atom. The summed E-state index contributed by atoms with van der Waals surface area (Å²) in [6, 6.07) is 8.52. The summed E-state index contributed by atoms with van der Waals surface area (Å²) in [7, 11) is 3.20. The average Bonchev–Trinajstić information content (AvgIpc) is 2.43. The fourth-order valence-corrected chi connectivity index (χ4v) is 2.78. The number of likely N-dealkylation sites (N-methyl/N-ethyl adjacent to an activating group) is 1. The van der Waals surface area contributed by atoms with Crippen molar-refractivity contribution in [3.63, 3.8) is 0 Å². The first-order chi connectivity index (χ1) is 9.23. The number of methoxy groups -OCH3 is 1. The lowest BCUT2D eigenvalue weighted by Gasteiger charge is -2.25. The van der Waals surface area contributed by atoms with Gasteiger partial charge < -0.3 is 10.1 Å². The zero-order valence-corrected chi connectivity index (χ0v) is 14.1. The lowest BCUT2D eigenvalue weighted by Crippen LogP contribution is -2.50. The summed E-state index contributed by atoms with van der Waals surface area (Å²) in [5.41, 5.74) is 0.808. The molecule has 0 radical (unpaired) electrons. The van der Waals surface area contributed by atoms with E-state index >= 15 is 0 Å². The number of ether oxygens (including phenoxy) is 1. The minimum Gasteiger partial charge on any atom is -0.468 e. The standard InChI is InChI=1S/C16H25NO2S/c1-15(2,3)12-7-9-13(10-8-12)20-11-16(4,17-5)14(18)19-6/h7-10,17H,11H2,1-6H3. The largest absolute Gasteiger partial charge is 0.468 e. The van der Waals surface area contributed by atoms with E-state index in [0.29, 0.717) is 5.75 Å². The van der Waals surface area contributed by atoms with Gasteiger partial charge in [0.15, 0.2) is 0 Å². The molecular formula is C16H25NO2S. The third-order valence-corrected chi connectivity index (χ3v) is 4.76. The average molecular weight is 295 g/mol. The van der Waals surface area contributed by atoms with Crippen LogP contribution in [0.4, 0.5) is 0 Å². The van der Waals surface area contributed by atoms with Crippen molar-refractivity contribution in [3.8, 4) is 0 Å². The van der Waals surface area contributed by atoms with Gasteiger partial charge >= 0.3 is 5.97 Å². The first kappa shape index (κ1) is 17.1. The molecule has 1 unspecified atom stereocenters. The zero-order chi connectivity index (χ0) is 15.4. The van der Waals surface area contributed by atoms with Crippen LogP contribution in [0.25, 0.3) is 0 Å². The first-order valence-corrected chi connectivity index (χ1v) is 7.72. The van der Waals surface area contributed by atoms with E-state index in [0.717, 1.165) is 4.90 Å². The Morgan fingerprint density at radius 1 is 1.20 bits per heavy atom. The fourth-order valence-electron chi connectivity index (χ4n) is 1.74. The number of rotatable bonds is 5. The molecule has 0 bridgehead atoms. The molecule has 0 saturated heterocycles. The van der Waals surface area contributed by atoms with Crippen LogP contribution in [0.3, 0.4) is 0 Å². The van der Waals surface area contributed by atoms with E-state index in [9.17, 15) is 4.79 Å². The van der Waals surface area contributed by atoms with E-state index in [1.807, 2.05) is 6.92 Å². The van der Waals surface area contributed by atoms with E-state index in [1.54, 1.807) is 18.8 Å². The van der Waals surface area contributed by atoms with Crippen molar-refractivity contribution in [2.75, 3.05) is 19.9 Å². The van der Waals surface area contributed by atoms with E-state index in [2.05, 4.69) is 50.4 Å². The highest BCUT2D eigenvalue weighted by Crippen LogP contribution is 2.27. The van der Waals surface area contributed by atoms with Crippen molar-refractivity contribution in [1.82, 2.24) is 5.32 Å². The van der Waals surface area contributed by atoms with Gasteiger partial charge in [0.1, 0.15) is 5.54 Å². The van der Waals surface area contributed by atoms with E-state index in [-0.39, 0.29) is 11.4 Å². The highest BCUT2D eigenvalue weighted by molar-refractivity contribution is 7.99. The van der Waals surface area contributed by atoms with Crippen molar-refractivity contribution < 1.29 is 9.53 Å². The molecule has 112 valence electrons. The second-order valence-corrected chi connectivity index (χ2v) is 7.19. The SMILES string of the molecule is CNC(C)(CSc1ccc(C(C)(C)C)cc1)C(=O)OC. The Bertz CT molecular complexity index is 451. The molecule has 0 fully saturated rings. The Morgan fingerprint density at radius 2 is 1.75 bits per heavy atom. The summed E-state index contributed by atoms with van der Waals surface area (Å²) in [6.07, 6.45) is 0. The van der Waals surface area contributed by atoms with Crippen LogP contribution in [0.2, 0.25) is 0 Å². The fraction of sp³-hybridized carbons (Fsp3) is 0.562.